The number of hydrogen-bond acceptors (Lipinski definition) is 2. The molecule has 3 heteroatoms. The first-order chi connectivity index (χ1) is 5.90. The monoisotopic (exact) mass is 185 g/mol. The van der Waals surface area contributed by atoms with Crippen molar-refractivity contribution in [2.24, 2.45) is 0 Å². The zero-order valence-electron chi connectivity index (χ0n) is 8.87. The molecule has 0 radical (unpaired) electrons. The molecule has 0 saturated carbocycles. The van der Waals surface area contributed by atoms with E-state index in [1.165, 1.54) is 6.08 Å². The lowest BCUT2D eigenvalue weighted by Gasteiger charge is -2.27. The summed E-state index contributed by atoms with van der Waals surface area (Å²) in [6, 6.07) is 0. The summed E-state index contributed by atoms with van der Waals surface area (Å²) in [6.07, 6.45) is 3.21. The summed E-state index contributed by atoms with van der Waals surface area (Å²) in [5.74, 6) is -0.0490. The molecule has 0 fully saturated rings. The van der Waals surface area contributed by atoms with Gasteiger partial charge in [0, 0.05) is 13.1 Å². The Morgan fingerprint density at radius 3 is 2.38 bits per heavy atom. The van der Waals surface area contributed by atoms with E-state index in [0.29, 0.717) is 13.1 Å². The summed E-state index contributed by atoms with van der Waals surface area (Å²) in [6.45, 7) is 8.07. The molecule has 0 aromatic rings. The lowest BCUT2D eigenvalue weighted by atomic mass is 10.1. The van der Waals surface area contributed by atoms with Gasteiger partial charge in [0.05, 0.1) is 5.60 Å². The predicted octanol–water partition coefficient (Wildman–Crippen LogP) is 1.18. The van der Waals surface area contributed by atoms with Crippen LogP contribution in [-0.4, -0.2) is 34.6 Å². The molecule has 13 heavy (non-hydrogen) atoms. The second-order valence-electron chi connectivity index (χ2n) is 3.66. The molecular formula is C10H19NO2. The van der Waals surface area contributed by atoms with Crippen LogP contribution in [0.2, 0.25) is 0 Å². The molecule has 0 aliphatic heterocycles. The molecular weight excluding hydrogens is 166 g/mol. The zero-order chi connectivity index (χ0) is 10.5. The van der Waals surface area contributed by atoms with Crippen LogP contribution in [0.5, 0.6) is 0 Å². The largest absolute Gasteiger partial charge is 0.389 e. The number of rotatable bonds is 4. The van der Waals surface area contributed by atoms with E-state index in [2.05, 4.69) is 0 Å². The minimum atomic E-state index is -0.826. The average Bonchev–Trinajstić information content (AvgIpc) is 1.99. The van der Waals surface area contributed by atoms with Crippen molar-refractivity contribution in [3.63, 3.8) is 0 Å². The molecule has 0 spiro atoms. The van der Waals surface area contributed by atoms with Gasteiger partial charge in [0.25, 0.3) is 0 Å². The highest BCUT2D eigenvalue weighted by atomic mass is 16.3. The molecule has 3 nitrogen and oxygen atoms in total. The average molecular weight is 185 g/mol. The highest BCUT2D eigenvalue weighted by Crippen LogP contribution is 2.05. The van der Waals surface area contributed by atoms with Gasteiger partial charge in [-0.05, 0) is 33.8 Å². The number of carbonyl (C=O) groups excluding carboxylic acids is 1. The fourth-order valence-electron chi connectivity index (χ4n) is 1.06. The van der Waals surface area contributed by atoms with Gasteiger partial charge in [-0.25, -0.2) is 0 Å². The summed E-state index contributed by atoms with van der Waals surface area (Å²) in [5, 5.41) is 9.52. The van der Waals surface area contributed by atoms with E-state index >= 15 is 0 Å². The molecule has 0 aliphatic rings. The second kappa shape index (κ2) is 5.02. The molecule has 76 valence electrons. The fraction of sp³-hybridized carbons (Fsp3) is 0.700. The van der Waals surface area contributed by atoms with Crippen LogP contribution in [0.4, 0.5) is 0 Å². The maximum atomic E-state index is 11.4. The van der Waals surface area contributed by atoms with Gasteiger partial charge in [0.2, 0.25) is 5.91 Å². The summed E-state index contributed by atoms with van der Waals surface area (Å²) < 4.78 is 0. The number of likely N-dealkylation sites (N-methyl/N-ethyl adjacent to an activating group) is 1. The Hall–Kier alpha value is -0.830. The Labute approximate surface area is 80.0 Å². The molecule has 0 aromatic carbocycles. The van der Waals surface area contributed by atoms with Crippen LogP contribution in [0, 0.1) is 0 Å². The Bertz CT molecular complexity index is 192. The smallest absolute Gasteiger partial charge is 0.246 e. The van der Waals surface area contributed by atoms with Crippen LogP contribution in [0.15, 0.2) is 12.2 Å². The molecule has 1 amide bonds. The van der Waals surface area contributed by atoms with Crippen LogP contribution in [0.25, 0.3) is 0 Å². The summed E-state index contributed by atoms with van der Waals surface area (Å²) in [5.41, 5.74) is -0.826. The van der Waals surface area contributed by atoms with Gasteiger partial charge in [0.1, 0.15) is 0 Å². The molecule has 0 unspecified atom stereocenters. The molecule has 0 atom stereocenters. The number of nitrogens with zero attached hydrogens (tertiary/aromatic N) is 1. The fourth-order valence-corrected chi connectivity index (χ4v) is 1.06. The Kier molecular flexibility index (Phi) is 4.70. The van der Waals surface area contributed by atoms with Gasteiger partial charge in [-0.2, -0.15) is 0 Å². The SMILES string of the molecule is CC=CC(=O)N(CC)CC(C)(C)O. The highest BCUT2D eigenvalue weighted by Gasteiger charge is 2.19. The highest BCUT2D eigenvalue weighted by molar-refractivity contribution is 5.87. The molecule has 0 aromatic heterocycles. The molecule has 0 rings (SSSR count). The number of hydrogen-bond donors (Lipinski definition) is 1. The maximum absolute atomic E-state index is 11.4. The van der Waals surface area contributed by atoms with Crippen LogP contribution >= 0.6 is 0 Å². The van der Waals surface area contributed by atoms with E-state index in [1.54, 1.807) is 31.7 Å². The molecule has 0 saturated heterocycles. The van der Waals surface area contributed by atoms with Crippen molar-refractivity contribution >= 4 is 5.91 Å². The van der Waals surface area contributed by atoms with Gasteiger partial charge in [-0.1, -0.05) is 6.08 Å². The summed E-state index contributed by atoms with van der Waals surface area (Å²) in [4.78, 5) is 13.0. The van der Waals surface area contributed by atoms with E-state index in [9.17, 15) is 9.90 Å². The number of amides is 1. The Balaban J connectivity index is 4.27. The number of allylic oxidation sites excluding steroid dienone is 1. The van der Waals surface area contributed by atoms with Crippen molar-refractivity contribution in [1.82, 2.24) is 4.90 Å². The van der Waals surface area contributed by atoms with E-state index in [0.717, 1.165) is 0 Å². The van der Waals surface area contributed by atoms with Crippen molar-refractivity contribution in [3.05, 3.63) is 12.2 Å². The first kappa shape index (κ1) is 12.2. The molecule has 1 N–H and O–H groups in total. The Morgan fingerprint density at radius 1 is 1.54 bits per heavy atom. The van der Waals surface area contributed by atoms with Crippen molar-refractivity contribution in [3.8, 4) is 0 Å². The minimum absolute atomic E-state index is 0.0490. The van der Waals surface area contributed by atoms with Gasteiger partial charge in [-0.3, -0.25) is 4.79 Å². The first-order valence-corrected chi connectivity index (χ1v) is 4.54. The summed E-state index contributed by atoms with van der Waals surface area (Å²) >= 11 is 0. The second-order valence-corrected chi connectivity index (χ2v) is 3.66. The topological polar surface area (TPSA) is 40.5 Å². The number of carbonyl (C=O) groups is 1. The third kappa shape index (κ3) is 5.42. The first-order valence-electron chi connectivity index (χ1n) is 4.54. The van der Waals surface area contributed by atoms with Crippen molar-refractivity contribution in [1.29, 1.82) is 0 Å². The zero-order valence-corrected chi connectivity index (χ0v) is 8.87. The van der Waals surface area contributed by atoms with Crippen LogP contribution in [0.1, 0.15) is 27.7 Å². The third-order valence-electron chi connectivity index (χ3n) is 1.58. The van der Waals surface area contributed by atoms with Gasteiger partial charge < -0.3 is 10.0 Å². The predicted molar refractivity (Wildman–Crippen MR) is 53.4 cm³/mol. The van der Waals surface area contributed by atoms with Crippen molar-refractivity contribution < 1.29 is 9.90 Å². The van der Waals surface area contributed by atoms with Gasteiger partial charge in [-0.15, -0.1) is 0 Å². The maximum Gasteiger partial charge on any atom is 0.246 e. The van der Waals surface area contributed by atoms with Crippen LogP contribution in [-0.2, 0) is 4.79 Å². The van der Waals surface area contributed by atoms with E-state index < -0.39 is 5.60 Å². The molecule has 0 bridgehead atoms. The third-order valence-corrected chi connectivity index (χ3v) is 1.58. The van der Waals surface area contributed by atoms with E-state index in [-0.39, 0.29) is 5.91 Å². The van der Waals surface area contributed by atoms with Crippen molar-refractivity contribution in [2.45, 2.75) is 33.3 Å². The number of aliphatic hydroxyl groups is 1. The van der Waals surface area contributed by atoms with Crippen molar-refractivity contribution in [2.75, 3.05) is 13.1 Å². The lowest BCUT2D eigenvalue weighted by Crippen LogP contribution is -2.41. The van der Waals surface area contributed by atoms with Gasteiger partial charge in [0.15, 0.2) is 0 Å². The van der Waals surface area contributed by atoms with E-state index in [1.807, 2.05) is 6.92 Å². The van der Waals surface area contributed by atoms with Gasteiger partial charge >= 0.3 is 0 Å². The van der Waals surface area contributed by atoms with Crippen LogP contribution < -0.4 is 0 Å². The Morgan fingerprint density at radius 2 is 2.08 bits per heavy atom. The summed E-state index contributed by atoms with van der Waals surface area (Å²) in [7, 11) is 0. The lowest BCUT2D eigenvalue weighted by molar-refractivity contribution is -0.128. The quantitative estimate of drug-likeness (QED) is 0.668. The standard InChI is InChI=1S/C10H19NO2/c1-5-7-9(12)11(6-2)8-10(3,4)13/h5,7,13H,6,8H2,1-4H3. The van der Waals surface area contributed by atoms with E-state index in [4.69, 9.17) is 0 Å². The minimum Gasteiger partial charge on any atom is -0.389 e. The molecule has 0 heterocycles. The van der Waals surface area contributed by atoms with Crippen LogP contribution in [0.3, 0.4) is 0 Å². The molecule has 0 aliphatic carbocycles. The normalized spacial score (nSPS) is 12.1.